The molecule has 1 amide bonds. The Balaban J connectivity index is 2.79. The van der Waals surface area contributed by atoms with Crippen LogP contribution in [-0.2, 0) is 19.4 Å². The molecule has 108 valence electrons. The van der Waals surface area contributed by atoms with Crippen LogP contribution in [0.5, 0.6) is 0 Å². The lowest BCUT2D eigenvalue weighted by atomic mass is 10.2. The Morgan fingerprint density at radius 1 is 1.35 bits per heavy atom. The van der Waals surface area contributed by atoms with Gasteiger partial charge in [0.05, 0.1) is 10.5 Å². The van der Waals surface area contributed by atoms with Crippen LogP contribution in [-0.4, -0.2) is 39.7 Å². The second kappa shape index (κ2) is 6.85. The third kappa shape index (κ3) is 4.51. The molecule has 0 spiro atoms. The van der Waals surface area contributed by atoms with E-state index in [1.165, 1.54) is 30.3 Å². The van der Waals surface area contributed by atoms with Gasteiger partial charge in [0.1, 0.15) is 0 Å². The van der Waals surface area contributed by atoms with Crippen LogP contribution < -0.4 is 5.32 Å². The molecule has 1 N–H and O–H groups in total. The summed E-state index contributed by atoms with van der Waals surface area (Å²) in [6.07, 6.45) is 2.48. The predicted molar refractivity (Wildman–Crippen MR) is 73.0 cm³/mol. The number of hydrogen-bond donors (Lipinski definition) is 1. The minimum Gasteiger partial charge on any atom is -0.452 e. The number of sulfone groups is 1. The number of rotatable bonds is 6. The number of nitrogens with one attached hydrogen (secondary N) is 1. The van der Waals surface area contributed by atoms with Crippen LogP contribution in [0, 0.1) is 0 Å². The highest BCUT2D eigenvalue weighted by Gasteiger charge is 2.19. The maximum absolute atomic E-state index is 11.8. The van der Waals surface area contributed by atoms with Gasteiger partial charge < -0.3 is 10.1 Å². The fourth-order valence-corrected chi connectivity index (χ4v) is 2.28. The Morgan fingerprint density at radius 3 is 2.60 bits per heavy atom. The molecular weight excluding hydrogens is 282 g/mol. The van der Waals surface area contributed by atoms with Crippen molar-refractivity contribution in [2.45, 2.75) is 4.90 Å². The van der Waals surface area contributed by atoms with Crippen molar-refractivity contribution < 1.29 is 22.7 Å². The highest BCUT2D eigenvalue weighted by atomic mass is 32.2. The van der Waals surface area contributed by atoms with Crippen molar-refractivity contribution >= 4 is 21.7 Å². The molecule has 0 radical (unpaired) electrons. The van der Waals surface area contributed by atoms with Crippen molar-refractivity contribution in [2.75, 3.05) is 19.4 Å². The lowest BCUT2D eigenvalue weighted by Gasteiger charge is -2.08. The first kappa shape index (κ1) is 15.9. The van der Waals surface area contributed by atoms with Crippen LogP contribution in [0.4, 0.5) is 0 Å². The average Bonchev–Trinajstić information content (AvgIpc) is 2.41. The predicted octanol–water partition coefficient (Wildman–Crippen LogP) is 0.549. The van der Waals surface area contributed by atoms with Gasteiger partial charge in [-0.3, -0.25) is 4.79 Å². The Kier molecular flexibility index (Phi) is 5.45. The van der Waals surface area contributed by atoms with Gasteiger partial charge >= 0.3 is 5.97 Å². The molecule has 20 heavy (non-hydrogen) atoms. The van der Waals surface area contributed by atoms with E-state index in [0.29, 0.717) is 0 Å². The lowest BCUT2D eigenvalue weighted by molar-refractivity contribution is -0.124. The molecule has 7 heteroatoms. The van der Waals surface area contributed by atoms with Gasteiger partial charge in [-0.05, 0) is 12.1 Å². The largest absolute Gasteiger partial charge is 0.452 e. The maximum Gasteiger partial charge on any atom is 0.339 e. The van der Waals surface area contributed by atoms with Gasteiger partial charge in [0.25, 0.3) is 5.91 Å². The van der Waals surface area contributed by atoms with Crippen molar-refractivity contribution in [3.63, 3.8) is 0 Å². The van der Waals surface area contributed by atoms with Gasteiger partial charge in [-0.2, -0.15) is 0 Å². The van der Waals surface area contributed by atoms with E-state index in [2.05, 4.69) is 11.9 Å². The zero-order valence-corrected chi connectivity index (χ0v) is 11.8. The monoisotopic (exact) mass is 297 g/mol. The van der Waals surface area contributed by atoms with Crippen LogP contribution in [0.15, 0.2) is 41.8 Å². The quantitative estimate of drug-likeness (QED) is 0.612. The maximum atomic E-state index is 11.8. The summed E-state index contributed by atoms with van der Waals surface area (Å²) in [6, 6.07) is 5.66. The number of amides is 1. The van der Waals surface area contributed by atoms with Crippen LogP contribution in [0.25, 0.3) is 0 Å². The molecule has 0 atom stereocenters. The molecule has 6 nitrogen and oxygen atoms in total. The Morgan fingerprint density at radius 2 is 2.00 bits per heavy atom. The van der Waals surface area contributed by atoms with Crippen molar-refractivity contribution in [1.29, 1.82) is 0 Å². The molecule has 1 rings (SSSR count). The van der Waals surface area contributed by atoms with Crippen LogP contribution >= 0.6 is 0 Å². The molecule has 0 aromatic heterocycles. The normalized spacial score (nSPS) is 10.7. The lowest BCUT2D eigenvalue weighted by Crippen LogP contribution is -2.29. The van der Waals surface area contributed by atoms with Gasteiger partial charge in [-0.15, -0.1) is 6.58 Å². The third-order valence-electron chi connectivity index (χ3n) is 2.28. The number of carbonyl (C=O) groups is 2. The topological polar surface area (TPSA) is 89.5 Å². The van der Waals surface area contributed by atoms with Crippen molar-refractivity contribution in [3.8, 4) is 0 Å². The molecule has 0 unspecified atom stereocenters. The van der Waals surface area contributed by atoms with Crippen molar-refractivity contribution in [2.24, 2.45) is 0 Å². The first-order valence-electron chi connectivity index (χ1n) is 5.70. The molecule has 0 bridgehead atoms. The molecular formula is C13H15NO5S. The highest BCUT2D eigenvalue weighted by molar-refractivity contribution is 7.90. The van der Waals surface area contributed by atoms with Crippen LogP contribution in [0.3, 0.4) is 0 Å². The van der Waals surface area contributed by atoms with E-state index >= 15 is 0 Å². The summed E-state index contributed by atoms with van der Waals surface area (Å²) >= 11 is 0. The van der Waals surface area contributed by atoms with E-state index in [-0.39, 0.29) is 17.0 Å². The van der Waals surface area contributed by atoms with E-state index in [1.54, 1.807) is 0 Å². The third-order valence-corrected chi connectivity index (χ3v) is 3.44. The summed E-state index contributed by atoms with van der Waals surface area (Å²) in [5.41, 5.74) is -0.0912. The smallest absolute Gasteiger partial charge is 0.339 e. The van der Waals surface area contributed by atoms with E-state index < -0.39 is 28.3 Å². The molecule has 0 fully saturated rings. The summed E-state index contributed by atoms with van der Waals surface area (Å²) in [7, 11) is -3.55. The molecule has 0 aliphatic rings. The Bertz CT molecular complexity index is 621. The molecule has 1 aromatic rings. The molecule has 0 saturated carbocycles. The molecule has 0 aliphatic carbocycles. The number of esters is 1. The zero-order valence-electron chi connectivity index (χ0n) is 11.0. The second-order valence-corrected chi connectivity index (χ2v) is 5.92. The fraction of sp³-hybridized carbons (Fsp3) is 0.231. The fourth-order valence-electron chi connectivity index (χ4n) is 1.40. The van der Waals surface area contributed by atoms with Gasteiger partial charge in [0.15, 0.2) is 16.4 Å². The number of carbonyl (C=O) groups excluding carboxylic acids is 2. The minimum absolute atomic E-state index is 0.0912. The molecule has 0 heterocycles. The Hall–Kier alpha value is -2.15. The van der Waals surface area contributed by atoms with E-state index in [1.807, 2.05) is 0 Å². The molecule has 0 saturated heterocycles. The van der Waals surface area contributed by atoms with Crippen molar-refractivity contribution in [3.05, 3.63) is 42.5 Å². The van der Waals surface area contributed by atoms with E-state index in [9.17, 15) is 18.0 Å². The summed E-state index contributed by atoms with van der Waals surface area (Å²) in [4.78, 5) is 22.9. The Labute approximate surface area is 117 Å². The van der Waals surface area contributed by atoms with Gasteiger partial charge in [0.2, 0.25) is 0 Å². The first-order chi connectivity index (χ1) is 9.36. The van der Waals surface area contributed by atoms with E-state index in [0.717, 1.165) is 6.26 Å². The zero-order chi connectivity index (χ0) is 15.2. The highest BCUT2D eigenvalue weighted by Crippen LogP contribution is 2.16. The summed E-state index contributed by atoms with van der Waals surface area (Å²) in [6.45, 7) is 3.20. The number of benzene rings is 1. The molecule has 0 aliphatic heterocycles. The summed E-state index contributed by atoms with van der Waals surface area (Å²) in [5.74, 6) is -1.35. The minimum atomic E-state index is -3.55. The standard InChI is InChI=1S/C13H15NO5S/c1-3-8-14-12(15)9-19-13(16)10-6-4-5-7-11(10)20(2,17)18/h3-7H,1,8-9H2,2H3,(H,14,15). The van der Waals surface area contributed by atoms with Crippen LogP contribution in [0.2, 0.25) is 0 Å². The van der Waals surface area contributed by atoms with E-state index in [4.69, 9.17) is 4.74 Å². The van der Waals surface area contributed by atoms with Crippen molar-refractivity contribution in [1.82, 2.24) is 5.32 Å². The SMILES string of the molecule is C=CCNC(=O)COC(=O)c1ccccc1S(C)(=O)=O. The molecule has 1 aromatic carbocycles. The summed E-state index contributed by atoms with van der Waals surface area (Å²) in [5, 5.41) is 2.43. The summed E-state index contributed by atoms with van der Waals surface area (Å²) < 4.78 is 27.9. The van der Waals surface area contributed by atoms with Gasteiger partial charge in [-0.25, -0.2) is 13.2 Å². The van der Waals surface area contributed by atoms with Gasteiger partial charge in [-0.1, -0.05) is 18.2 Å². The number of hydrogen-bond acceptors (Lipinski definition) is 5. The average molecular weight is 297 g/mol. The number of ether oxygens (including phenoxy) is 1. The second-order valence-electron chi connectivity index (χ2n) is 3.94. The van der Waals surface area contributed by atoms with Crippen LogP contribution in [0.1, 0.15) is 10.4 Å². The first-order valence-corrected chi connectivity index (χ1v) is 7.59. The van der Waals surface area contributed by atoms with Gasteiger partial charge in [0, 0.05) is 12.8 Å².